The number of benzene rings is 1. The Hall–Kier alpha value is -2.60. The van der Waals surface area contributed by atoms with Gasteiger partial charge in [0.1, 0.15) is 5.15 Å². The minimum Gasteiger partial charge on any atom is -0.382 e. The third-order valence-electron chi connectivity index (χ3n) is 3.22. The highest BCUT2D eigenvalue weighted by Gasteiger charge is 2.26. The van der Waals surface area contributed by atoms with Crippen LogP contribution in [0.3, 0.4) is 0 Å². The van der Waals surface area contributed by atoms with Crippen LogP contribution in [-0.4, -0.2) is 22.7 Å². The van der Waals surface area contributed by atoms with Crippen molar-refractivity contribution in [2.75, 3.05) is 5.32 Å². The minimum absolute atomic E-state index is 0.391. The molecule has 1 aliphatic heterocycles. The zero-order valence-electron chi connectivity index (χ0n) is 11.5. The largest absolute Gasteiger partial charge is 0.382 e. The topological polar surface area (TPSA) is 89.6 Å². The Morgan fingerprint density at radius 3 is 2.68 bits per heavy atom. The first-order valence-electron chi connectivity index (χ1n) is 6.63. The summed E-state index contributed by atoms with van der Waals surface area (Å²) in [7, 11) is 0. The van der Waals surface area contributed by atoms with E-state index in [0.717, 1.165) is 16.9 Å². The van der Waals surface area contributed by atoms with Gasteiger partial charge in [0.15, 0.2) is 0 Å². The molecule has 6 nitrogen and oxygen atoms in total. The summed E-state index contributed by atoms with van der Waals surface area (Å²) in [5, 5.41) is 7.55. The summed E-state index contributed by atoms with van der Waals surface area (Å²) in [4.78, 5) is 20.0. The summed E-state index contributed by atoms with van der Waals surface area (Å²) in [6.07, 6.45) is 1.35. The van der Waals surface area contributed by atoms with Crippen LogP contribution in [0.15, 0.2) is 47.8 Å². The maximum atomic E-state index is 11.1. The number of nitrogens with two attached hydrogens (primary N) is 1. The number of carbonyl (C=O) groups is 1. The predicted molar refractivity (Wildman–Crippen MR) is 84.2 cm³/mol. The number of halogens is 1. The van der Waals surface area contributed by atoms with Crippen LogP contribution in [0.2, 0.25) is 5.15 Å². The molecule has 1 aromatic carbocycles. The van der Waals surface area contributed by atoms with E-state index in [9.17, 15) is 4.79 Å². The van der Waals surface area contributed by atoms with Crippen molar-refractivity contribution in [2.24, 2.45) is 10.9 Å². The molecule has 3 rings (SSSR count). The number of anilines is 2. The van der Waals surface area contributed by atoms with Gasteiger partial charge in [0.05, 0.1) is 5.71 Å². The molecule has 22 heavy (non-hydrogen) atoms. The molecule has 0 aliphatic carbocycles. The molecule has 0 spiro atoms. The molecule has 0 fully saturated rings. The van der Waals surface area contributed by atoms with E-state index in [2.05, 4.69) is 15.5 Å². The van der Waals surface area contributed by atoms with Gasteiger partial charge in [0.2, 0.25) is 6.10 Å². The monoisotopic (exact) mass is 316 g/mol. The Morgan fingerprint density at radius 2 is 2.05 bits per heavy atom. The molecule has 0 radical (unpaired) electrons. The lowest BCUT2D eigenvalue weighted by atomic mass is 10.0. The number of nitrogens with one attached hydrogen (secondary N) is 1. The smallest absolute Gasteiger partial charge is 0.261 e. The van der Waals surface area contributed by atoms with Crippen molar-refractivity contribution in [1.29, 1.82) is 0 Å². The van der Waals surface area contributed by atoms with Crippen molar-refractivity contribution in [2.45, 2.75) is 12.5 Å². The minimum atomic E-state index is -0.674. The molecule has 2 aromatic rings. The zero-order chi connectivity index (χ0) is 15.5. The summed E-state index contributed by atoms with van der Waals surface area (Å²) >= 11 is 5.84. The van der Waals surface area contributed by atoms with E-state index in [0.29, 0.717) is 17.3 Å². The number of aromatic nitrogens is 1. The molecule has 1 amide bonds. The zero-order valence-corrected chi connectivity index (χ0v) is 12.2. The second-order valence-electron chi connectivity index (χ2n) is 4.81. The summed E-state index contributed by atoms with van der Waals surface area (Å²) < 4.78 is 0. The van der Waals surface area contributed by atoms with E-state index in [-0.39, 0.29) is 0 Å². The average molecular weight is 317 g/mol. The van der Waals surface area contributed by atoms with Crippen LogP contribution in [0.1, 0.15) is 12.0 Å². The Bertz CT molecular complexity index is 731. The van der Waals surface area contributed by atoms with Gasteiger partial charge >= 0.3 is 0 Å². The third kappa shape index (κ3) is 3.17. The number of hydrogen-bond acceptors (Lipinski definition) is 5. The molecule has 2 heterocycles. The molecule has 7 heteroatoms. The van der Waals surface area contributed by atoms with Gasteiger partial charge < -0.3 is 15.9 Å². The van der Waals surface area contributed by atoms with E-state index in [1.165, 1.54) is 0 Å². The standard InChI is InChI=1S/C15H13ClN4O2/c16-14-7-11(5-6-18-14)19-10-3-1-9(2-4-10)12-8-13(15(17)21)22-20-12/h1-7,13H,8H2,(H2,17,21)(H,18,19). The fourth-order valence-electron chi connectivity index (χ4n) is 2.09. The lowest BCUT2D eigenvalue weighted by Crippen LogP contribution is -2.28. The Kier molecular flexibility index (Phi) is 3.93. The van der Waals surface area contributed by atoms with E-state index in [4.69, 9.17) is 22.2 Å². The number of hydrogen-bond donors (Lipinski definition) is 2. The van der Waals surface area contributed by atoms with E-state index in [1.54, 1.807) is 12.3 Å². The summed E-state index contributed by atoms with van der Waals surface area (Å²) in [5.74, 6) is -0.508. The molecule has 0 saturated carbocycles. The van der Waals surface area contributed by atoms with Crippen LogP contribution in [0, 0.1) is 0 Å². The highest BCUT2D eigenvalue weighted by Crippen LogP contribution is 2.21. The lowest BCUT2D eigenvalue weighted by Gasteiger charge is -2.07. The molecule has 112 valence electrons. The van der Waals surface area contributed by atoms with Crippen LogP contribution in [-0.2, 0) is 9.63 Å². The Morgan fingerprint density at radius 1 is 1.27 bits per heavy atom. The third-order valence-corrected chi connectivity index (χ3v) is 3.43. The molecule has 1 unspecified atom stereocenters. The number of carbonyl (C=O) groups excluding carboxylic acids is 1. The van der Waals surface area contributed by atoms with Gasteiger partial charge in [0.25, 0.3) is 5.91 Å². The number of primary amides is 1. The molecular formula is C15H13ClN4O2. The van der Waals surface area contributed by atoms with Crippen molar-refractivity contribution in [3.63, 3.8) is 0 Å². The van der Waals surface area contributed by atoms with Crippen LogP contribution in [0.25, 0.3) is 0 Å². The average Bonchev–Trinajstić information content (AvgIpc) is 2.98. The molecule has 0 saturated heterocycles. The second kappa shape index (κ2) is 6.03. The van der Waals surface area contributed by atoms with Crippen molar-refractivity contribution in [1.82, 2.24) is 4.98 Å². The first-order chi connectivity index (χ1) is 10.6. The highest BCUT2D eigenvalue weighted by atomic mass is 35.5. The van der Waals surface area contributed by atoms with Crippen molar-refractivity contribution in [3.8, 4) is 0 Å². The maximum Gasteiger partial charge on any atom is 0.261 e. The van der Waals surface area contributed by atoms with Crippen LogP contribution < -0.4 is 11.1 Å². The van der Waals surface area contributed by atoms with Crippen molar-refractivity contribution >= 4 is 34.6 Å². The quantitative estimate of drug-likeness (QED) is 0.848. The number of oxime groups is 1. The number of pyridine rings is 1. The first kappa shape index (κ1) is 14.3. The molecule has 1 aromatic heterocycles. The SMILES string of the molecule is NC(=O)C1CC(c2ccc(Nc3ccnc(Cl)c3)cc2)=NO1. The second-order valence-corrected chi connectivity index (χ2v) is 5.20. The van der Waals surface area contributed by atoms with E-state index < -0.39 is 12.0 Å². The lowest BCUT2D eigenvalue weighted by molar-refractivity contribution is -0.127. The van der Waals surface area contributed by atoms with Crippen LogP contribution in [0.5, 0.6) is 0 Å². The fraction of sp³-hybridized carbons (Fsp3) is 0.133. The molecule has 3 N–H and O–H groups in total. The summed E-state index contributed by atoms with van der Waals surface area (Å²) in [6.45, 7) is 0. The number of rotatable bonds is 4. The predicted octanol–water partition coefficient (Wildman–Crippen LogP) is 2.46. The maximum absolute atomic E-state index is 11.1. The first-order valence-corrected chi connectivity index (χ1v) is 7.00. The molecule has 1 aliphatic rings. The van der Waals surface area contributed by atoms with Gasteiger partial charge in [-0.05, 0) is 29.8 Å². The van der Waals surface area contributed by atoms with Gasteiger partial charge in [0, 0.05) is 24.0 Å². The van der Waals surface area contributed by atoms with Crippen LogP contribution in [0.4, 0.5) is 11.4 Å². The Balaban J connectivity index is 1.70. The van der Waals surface area contributed by atoms with Crippen molar-refractivity contribution in [3.05, 3.63) is 53.3 Å². The Labute approximate surface area is 131 Å². The van der Waals surface area contributed by atoms with E-state index in [1.807, 2.05) is 30.3 Å². The van der Waals surface area contributed by atoms with E-state index >= 15 is 0 Å². The van der Waals surface area contributed by atoms with Gasteiger partial charge in [-0.1, -0.05) is 28.9 Å². The van der Waals surface area contributed by atoms with Gasteiger partial charge in [-0.25, -0.2) is 4.98 Å². The number of nitrogens with zero attached hydrogens (tertiary/aromatic N) is 2. The van der Waals surface area contributed by atoms with Gasteiger partial charge in [-0.15, -0.1) is 0 Å². The normalized spacial score (nSPS) is 16.8. The van der Waals surface area contributed by atoms with Crippen LogP contribution >= 0.6 is 11.6 Å². The summed E-state index contributed by atoms with van der Waals surface area (Å²) in [5.41, 5.74) is 8.55. The highest BCUT2D eigenvalue weighted by molar-refractivity contribution is 6.29. The fourth-order valence-corrected chi connectivity index (χ4v) is 2.27. The summed E-state index contributed by atoms with van der Waals surface area (Å²) in [6, 6.07) is 11.2. The molecule has 1 atom stereocenters. The molecule has 0 bridgehead atoms. The number of amides is 1. The molecular weight excluding hydrogens is 304 g/mol. The van der Waals surface area contributed by atoms with Gasteiger partial charge in [-0.2, -0.15) is 0 Å². The van der Waals surface area contributed by atoms with Crippen molar-refractivity contribution < 1.29 is 9.63 Å². The van der Waals surface area contributed by atoms with Gasteiger partial charge in [-0.3, -0.25) is 4.79 Å².